The normalized spacial score (nSPS) is 19.4. The standard InChI is InChI=1S/C29H26N4O4/c30-18-20-11-13-23(14-12-20)29(21-7-3-1-4-8-21,22-9-5-2-6-10-22)31-19-25-24(34)17-27(37-25)33-16-15-26(35)32-28(33)36/h1-16,24-25,27,31,34H,17,19H2,(H,32,35,36)/t24?,25-,27-/m0/s1. The number of aromatic nitrogens is 2. The van der Waals surface area contributed by atoms with Crippen molar-refractivity contribution in [2.75, 3.05) is 6.54 Å². The van der Waals surface area contributed by atoms with Gasteiger partial charge in [0.25, 0.3) is 5.56 Å². The minimum atomic E-state index is -0.832. The smallest absolute Gasteiger partial charge is 0.330 e. The van der Waals surface area contributed by atoms with Crippen molar-refractivity contribution in [3.63, 3.8) is 0 Å². The number of benzene rings is 3. The number of hydrogen-bond acceptors (Lipinski definition) is 6. The van der Waals surface area contributed by atoms with Crippen LogP contribution in [0.15, 0.2) is 107 Å². The van der Waals surface area contributed by atoms with E-state index >= 15 is 0 Å². The molecule has 1 unspecified atom stereocenters. The van der Waals surface area contributed by atoms with Crippen LogP contribution in [0.2, 0.25) is 0 Å². The summed E-state index contributed by atoms with van der Waals surface area (Å²) in [5.41, 5.74) is 1.55. The van der Waals surface area contributed by atoms with E-state index in [1.54, 1.807) is 12.1 Å². The molecule has 1 aromatic heterocycles. The molecule has 8 nitrogen and oxygen atoms in total. The lowest BCUT2D eigenvalue weighted by atomic mass is 9.76. The number of hydrogen-bond donors (Lipinski definition) is 3. The van der Waals surface area contributed by atoms with Crippen LogP contribution in [0.5, 0.6) is 0 Å². The third-order valence-electron chi connectivity index (χ3n) is 6.79. The van der Waals surface area contributed by atoms with Crippen molar-refractivity contribution in [3.05, 3.63) is 140 Å². The van der Waals surface area contributed by atoms with Crippen LogP contribution in [0, 0.1) is 11.3 Å². The second-order valence-electron chi connectivity index (χ2n) is 9.00. The van der Waals surface area contributed by atoms with E-state index in [1.807, 2.05) is 72.8 Å². The van der Waals surface area contributed by atoms with Crippen molar-refractivity contribution in [3.8, 4) is 6.07 Å². The molecule has 1 aliphatic rings. The Morgan fingerprint density at radius 3 is 2.11 bits per heavy atom. The van der Waals surface area contributed by atoms with Gasteiger partial charge in [0.15, 0.2) is 0 Å². The van der Waals surface area contributed by atoms with Crippen LogP contribution in [-0.2, 0) is 10.3 Å². The zero-order valence-electron chi connectivity index (χ0n) is 20.0. The summed E-state index contributed by atoms with van der Waals surface area (Å²) in [4.78, 5) is 26.0. The summed E-state index contributed by atoms with van der Waals surface area (Å²) in [6, 6.07) is 30.8. The van der Waals surface area contributed by atoms with Crippen molar-refractivity contribution in [1.82, 2.24) is 14.9 Å². The summed E-state index contributed by atoms with van der Waals surface area (Å²) in [5, 5.41) is 23.9. The molecule has 4 aromatic rings. The van der Waals surface area contributed by atoms with Gasteiger partial charge in [-0.25, -0.2) is 4.79 Å². The fraction of sp³-hybridized carbons (Fsp3) is 0.207. The summed E-state index contributed by atoms with van der Waals surface area (Å²) < 4.78 is 7.39. The fourth-order valence-electron chi connectivity index (χ4n) is 4.95. The zero-order valence-corrected chi connectivity index (χ0v) is 20.0. The molecule has 0 bridgehead atoms. The average Bonchev–Trinajstić information content (AvgIpc) is 3.30. The molecule has 0 spiro atoms. The molecule has 8 heteroatoms. The lowest BCUT2D eigenvalue weighted by Gasteiger charge is -2.38. The summed E-state index contributed by atoms with van der Waals surface area (Å²) in [6.45, 7) is 0.263. The number of H-pyrrole nitrogens is 1. The molecule has 1 saturated heterocycles. The van der Waals surface area contributed by atoms with Gasteiger partial charge in [-0.3, -0.25) is 19.7 Å². The molecule has 3 aromatic carbocycles. The van der Waals surface area contributed by atoms with E-state index in [0.29, 0.717) is 5.56 Å². The topological polar surface area (TPSA) is 120 Å². The van der Waals surface area contributed by atoms with Gasteiger partial charge in [-0.1, -0.05) is 72.8 Å². The van der Waals surface area contributed by atoms with Crippen molar-refractivity contribution < 1.29 is 9.84 Å². The largest absolute Gasteiger partial charge is 0.390 e. The van der Waals surface area contributed by atoms with Crippen molar-refractivity contribution >= 4 is 0 Å². The van der Waals surface area contributed by atoms with Gasteiger partial charge in [0.2, 0.25) is 0 Å². The highest BCUT2D eigenvalue weighted by atomic mass is 16.5. The SMILES string of the molecule is N#Cc1ccc(C(NC[C@@H]2O[C@H](n3ccc(=O)[nH]c3=O)CC2O)(c2ccccc2)c2ccccc2)cc1. The Morgan fingerprint density at radius 1 is 0.946 bits per heavy atom. The molecule has 0 amide bonds. The summed E-state index contributed by atoms with van der Waals surface area (Å²) in [5.74, 6) is 0. The van der Waals surface area contributed by atoms with E-state index in [1.165, 1.54) is 16.8 Å². The minimum Gasteiger partial charge on any atom is -0.390 e. The van der Waals surface area contributed by atoms with Gasteiger partial charge in [0.1, 0.15) is 6.23 Å². The Bertz CT molecular complexity index is 1470. The van der Waals surface area contributed by atoms with E-state index in [9.17, 15) is 20.0 Å². The summed E-state index contributed by atoms with van der Waals surface area (Å²) >= 11 is 0. The number of aliphatic hydroxyl groups is 1. The lowest BCUT2D eigenvalue weighted by Crippen LogP contribution is -2.49. The predicted octanol–water partition coefficient (Wildman–Crippen LogP) is 2.64. The summed E-state index contributed by atoms with van der Waals surface area (Å²) in [6.07, 6.45) is -0.568. The highest BCUT2D eigenvalue weighted by Gasteiger charge is 2.40. The Labute approximate surface area is 213 Å². The number of nitrogens with one attached hydrogen (secondary N) is 2. The fourth-order valence-corrected chi connectivity index (χ4v) is 4.95. The molecule has 2 heterocycles. The highest BCUT2D eigenvalue weighted by Crippen LogP contribution is 2.38. The lowest BCUT2D eigenvalue weighted by molar-refractivity contribution is -0.0212. The average molecular weight is 495 g/mol. The van der Waals surface area contributed by atoms with E-state index in [-0.39, 0.29) is 13.0 Å². The van der Waals surface area contributed by atoms with Gasteiger partial charge in [-0.2, -0.15) is 5.26 Å². The van der Waals surface area contributed by atoms with E-state index < -0.39 is 35.2 Å². The maximum Gasteiger partial charge on any atom is 0.330 e. The number of nitrogens with zero attached hydrogens (tertiary/aromatic N) is 2. The molecule has 37 heavy (non-hydrogen) atoms. The van der Waals surface area contributed by atoms with Gasteiger partial charge in [-0.05, 0) is 28.8 Å². The number of ether oxygens (including phenoxy) is 1. The van der Waals surface area contributed by atoms with Gasteiger partial charge >= 0.3 is 5.69 Å². The number of aliphatic hydroxyl groups excluding tert-OH is 1. The Hall–Kier alpha value is -4.29. The Kier molecular flexibility index (Phi) is 6.84. The van der Waals surface area contributed by atoms with E-state index in [0.717, 1.165) is 16.7 Å². The van der Waals surface area contributed by atoms with Gasteiger partial charge in [-0.15, -0.1) is 0 Å². The number of aromatic amines is 1. The van der Waals surface area contributed by atoms with Crippen LogP contribution >= 0.6 is 0 Å². The van der Waals surface area contributed by atoms with Gasteiger partial charge in [0, 0.05) is 25.2 Å². The maximum absolute atomic E-state index is 12.3. The second-order valence-corrected chi connectivity index (χ2v) is 9.00. The molecule has 3 atom stereocenters. The van der Waals surface area contributed by atoms with Crippen molar-refractivity contribution in [2.45, 2.75) is 30.4 Å². The summed E-state index contributed by atoms with van der Waals surface area (Å²) in [7, 11) is 0. The monoisotopic (exact) mass is 494 g/mol. The molecule has 3 N–H and O–H groups in total. The van der Waals surface area contributed by atoms with Crippen molar-refractivity contribution in [2.24, 2.45) is 0 Å². The van der Waals surface area contributed by atoms with Crippen LogP contribution in [-0.4, -0.2) is 33.4 Å². The maximum atomic E-state index is 12.3. The first-order valence-corrected chi connectivity index (χ1v) is 12.0. The highest BCUT2D eigenvalue weighted by molar-refractivity contribution is 5.50. The van der Waals surface area contributed by atoms with E-state index in [4.69, 9.17) is 4.74 Å². The quantitative estimate of drug-likeness (QED) is 0.340. The van der Waals surface area contributed by atoms with Gasteiger partial charge < -0.3 is 9.84 Å². The second kappa shape index (κ2) is 10.4. The van der Waals surface area contributed by atoms with Crippen LogP contribution in [0.25, 0.3) is 0 Å². The first kappa shape index (κ1) is 24.4. The molecule has 0 aliphatic carbocycles. The number of rotatable bonds is 7. The van der Waals surface area contributed by atoms with E-state index in [2.05, 4.69) is 16.4 Å². The third kappa shape index (κ3) is 4.76. The first-order valence-electron chi connectivity index (χ1n) is 12.0. The Balaban J connectivity index is 1.52. The van der Waals surface area contributed by atoms with Crippen LogP contribution in [0.4, 0.5) is 0 Å². The van der Waals surface area contributed by atoms with Gasteiger partial charge in [0.05, 0.1) is 29.4 Å². The molecule has 5 rings (SSSR count). The molecule has 186 valence electrons. The van der Waals surface area contributed by atoms with Crippen molar-refractivity contribution in [1.29, 1.82) is 5.26 Å². The molecule has 1 aliphatic heterocycles. The van der Waals surface area contributed by atoms with Crippen LogP contribution in [0.3, 0.4) is 0 Å². The molecule has 0 radical (unpaired) electrons. The van der Waals surface area contributed by atoms with Crippen LogP contribution in [0.1, 0.15) is 34.9 Å². The predicted molar refractivity (Wildman–Crippen MR) is 138 cm³/mol. The molecular formula is C29H26N4O4. The molecule has 0 saturated carbocycles. The van der Waals surface area contributed by atoms with Crippen LogP contribution < -0.4 is 16.6 Å². The zero-order chi connectivity index (χ0) is 25.8. The minimum absolute atomic E-state index is 0.207. The molecular weight excluding hydrogens is 468 g/mol. The number of nitriles is 1. The third-order valence-corrected chi connectivity index (χ3v) is 6.79. The Morgan fingerprint density at radius 2 is 1.54 bits per heavy atom. The molecule has 1 fully saturated rings. The first-order chi connectivity index (χ1) is 18.0.